The maximum atomic E-state index is 10.5. The highest BCUT2D eigenvalue weighted by atomic mass is 16.4. The molecule has 0 bridgehead atoms. The number of carbonyl (C=O) groups is 2. The van der Waals surface area contributed by atoms with Gasteiger partial charge in [-0.15, -0.1) is 6.58 Å². The molecule has 0 amide bonds. The molecule has 5 nitrogen and oxygen atoms in total. The van der Waals surface area contributed by atoms with Gasteiger partial charge in [0.2, 0.25) is 0 Å². The van der Waals surface area contributed by atoms with E-state index in [4.69, 9.17) is 15.3 Å². The van der Waals surface area contributed by atoms with E-state index in [2.05, 4.69) is 6.58 Å². The number of aliphatic hydroxyl groups is 1. The molecule has 0 aromatic heterocycles. The number of aliphatic hydroxyl groups excluding tert-OH is 1. The van der Waals surface area contributed by atoms with Gasteiger partial charge in [-0.1, -0.05) is 6.08 Å². The fourth-order valence-corrected chi connectivity index (χ4v) is 0.693. The number of aliphatic carboxylic acids is 2. The first kappa shape index (κ1) is 10.6. The van der Waals surface area contributed by atoms with E-state index in [1.807, 2.05) is 0 Å². The van der Waals surface area contributed by atoms with Gasteiger partial charge in [0.25, 0.3) is 0 Å². The lowest BCUT2D eigenvalue weighted by atomic mass is 9.86. The number of hydrogen-bond acceptors (Lipinski definition) is 3. The van der Waals surface area contributed by atoms with Crippen LogP contribution in [0.5, 0.6) is 0 Å². The summed E-state index contributed by atoms with van der Waals surface area (Å²) < 4.78 is 0. The van der Waals surface area contributed by atoms with Crippen LogP contribution in [0.15, 0.2) is 12.7 Å². The smallest absolute Gasteiger partial charge is 0.316 e. The second kappa shape index (κ2) is 3.87. The largest absolute Gasteiger partial charge is 0.481 e. The van der Waals surface area contributed by atoms with Crippen LogP contribution in [-0.4, -0.2) is 33.9 Å². The third-order valence-electron chi connectivity index (χ3n) is 1.57. The average molecular weight is 174 g/mol. The summed E-state index contributed by atoms with van der Waals surface area (Å²) in [5.74, 6) is -2.67. The van der Waals surface area contributed by atoms with Crippen molar-refractivity contribution in [3.63, 3.8) is 0 Å². The molecular weight excluding hydrogens is 164 g/mol. The molecule has 0 saturated heterocycles. The Bertz CT molecular complexity index is 210. The fourth-order valence-electron chi connectivity index (χ4n) is 0.693. The van der Waals surface area contributed by atoms with E-state index in [0.717, 1.165) is 6.08 Å². The molecule has 0 aliphatic rings. The van der Waals surface area contributed by atoms with E-state index in [9.17, 15) is 9.59 Å². The molecule has 0 aliphatic heterocycles. The van der Waals surface area contributed by atoms with Gasteiger partial charge in [0, 0.05) is 0 Å². The first-order chi connectivity index (χ1) is 5.48. The van der Waals surface area contributed by atoms with Crippen molar-refractivity contribution in [3.05, 3.63) is 12.7 Å². The number of carboxylic acids is 2. The summed E-state index contributed by atoms with van der Waals surface area (Å²) in [6, 6.07) is 0. The summed E-state index contributed by atoms with van der Waals surface area (Å²) in [4.78, 5) is 20.7. The molecule has 1 atom stereocenters. The maximum Gasteiger partial charge on any atom is 0.316 e. The molecule has 0 heterocycles. The zero-order valence-corrected chi connectivity index (χ0v) is 6.36. The molecule has 0 saturated carbocycles. The lowest BCUT2D eigenvalue weighted by molar-refractivity contribution is -0.154. The highest BCUT2D eigenvalue weighted by molar-refractivity contribution is 5.83. The Labute approximate surface area is 68.9 Å². The van der Waals surface area contributed by atoms with Gasteiger partial charge < -0.3 is 15.3 Å². The molecule has 5 heteroatoms. The van der Waals surface area contributed by atoms with Crippen LogP contribution in [0.1, 0.15) is 6.42 Å². The highest BCUT2D eigenvalue weighted by Crippen LogP contribution is 2.22. The van der Waals surface area contributed by atoms with Crippen molar-refractivity contribution in [1.29, 1.82) is 0 Å². The van der Waals surface area contributed by atoms with Gasteiger partial charge in [0.1, 0.15) is 5.41 Å². The van der Waals surface area contributed by atoms with Crippen LogP contribution < -0.4 is 0 Å². The predicted molar refractivity (Wildman–Crippen MR) is 39.6 cm³/mol. The quantitative estimate of drug-likeness (QED) is 0.498. The third-order valence-corrected chi connectivity index (χ3v) is 1.57. The SMILES string of the molecule is C=CC(CO)(CC(=O)O)C(=O)O. The standard InChI is InChI=1S/C7H10O5/c1-2-7(4-8,6(11)12)3-5(9)10/h2,8H,1,3-4H2,(H,9,10)(H,11,12). The van der Waals surface area contributed by atoms with Crippen LogP contribution >= 0.6 is 0 Å². The van der Waals surface area contributed by atoms with Gasteiger partial charge >= 0.3 is 11.9 Å². The summed E-state index contributed by atoms with van der Waals surface area (Å²) in [5.41, 5.74) is -1.76. The van der Waals surface area contributed by atoms with E-state index >= 15 is 0 Å². The molecule has 68 valence electrons. The van der Waals surface area contributed by atoms with Crippen LogP contribution in [0.4, 0.5) is 0 Å². The zero-order chi connectivity index (χ0) is 9.78. The fraction of sp³-hybridized carbons (Fsp3) is 0.429. The van der Waals surface area contributed by atoms with E-state index in [0.29, 0.717) is 0 Å². The summed E-state index contributed by atoms with van der Waals surface area (Å²) >= 11 is 0. The molecule has 1 unspecified atom stereocenters. The van der Waals surface area contributed by atoms with Crippen LogP contribution in [0.3, 0.4) is 0 Å². The lowest BCUT2D eigenvalue weighted by Gasteiger charge is -2.20. The first-order valence-corrected chi connectivity index (χ1v) is 3.18. The number of hydrogen-bond donors (Lipinski definition) is 3. The second-order valence-corrected chi connectivity index (χ2v) is 2.39. The number of rotatable bonds is 5. The van der Waals surface area contributed by atoms with Gasteiger partial charge in [-0.2, -0.15) is 0 Å². The molecule has 0 radical (unpaired) electrons. The minimum absolute atomic E-state index is 0.664. The molecule has 0 aromatic carbocycles. The highest BCUT2D eigenvalue weighted by Gasteiger charge is 2.37. The van der Waals surface area contributed by atoms with Crippen molar-refractivity contribution in [1.82, 2.24) is 0 Å². The van der Waals surface area contributed by atoms with Crippen LogP contribution in [0, 0.1) is 5.41 Å². The monoisotopic (exact) mass is 174 g/mol. The molecule has 0 fully saturated rings. The Kier molecular flexibility index (Phi) is 3.43. The van der Waals surface area contributed by atoms with Crippen LogP contribution in [0.2, 0.25) is 0 Å². The maximum absolute atomic E-state index is 10.5. The second-order valence-electron chi connectivity index (χ2n) is 2.39. The predicted octanol–water partition coefficient (Wildman–Crippen LogP) is -0.290. The summed E-state index contributed by atoms with van der Waals surface area (Å²) in [6.45, 7) is 2.41. The van der Waals surface area contributed by atoms with Crippen molar-refractivity contribution in [2.24, 2.45) is 5.41 Å². The Balaban J connectivity index is 4.69. The van der Waals surface area contributed by atoms with Crippen molar-refractivity contribution in [2.75, 3.05) is 6.61 Å². The first-order valence-electron chi connectivity index (χ1n) is 3.18. The van der Waals surface area contributed by atoms with E-state index in [1.54, 1.807) is 0 Å². The van der Waals surface area contributed by atoms with Crippen molar-refractivity contribution in [3.8, 4) is 0 Å². The summed E-state index contributed by atoms with van der Waals surface area (Å²) in [7, 11) is 0. The van der Waals surface area contributed by atoms with Crippen LogP contribution in [-0.2, 0) is 9.59 Å². The van der Waals surface area contributed by atoms with Gasteiger partial charge in [0.15, 0.2) is 0 Å². The minimum Gasteiger partial charge on any atom is -0.481 e. The molecule has 3 N–H and O–H groups in total. The molecule has 0 spiro atoms. The van der Waals surface area contributed by atoms with Crippen molar-refractivity contribution < 1.29 is 24.9 Å². The average Bonchev–Trinajstić information content (AvgIpc) is 1.99. The van der Waals surface area contributed by atoms with E-state index in [1.165, 1.54) is 0 Å². The molecule has 0 aliphatic carbocycles. The van der Waals surface area contributed by atoms with E-state index in [-0.39, 0.29) is 0 Å². The van der Waals surface area contributed by atoms with Crippen LogP contribution in [0.25, 0.3) is 0 Å². The van der Waals surface area contributed by atoms with Crippen molar-refractivity contribution >= 4 is 11.9 Å². The third kappa shape index (κ3) is 2.06. The van der Waals surface area contributed by atoms with Crippen molar-refractivity contribution in [2.45, 2.75) is 6.42 Å². The minimum atomic E-state index is -1.76. The number of carboxylic acid groups (broad SMARTS) is 2. The molecule has 0 rings (SSSR count). The molecular formula is C7H10O5. The van der Waals surface area contributed by atoms with Gasteiger partial charge in [0.05, 0.1) is 13.0 Å². The van der Waals surface area contributed by atoms with Gasteiger partial charge in [-0.25, -0.2) is 0 Å². The topological polar surface area (TPSA) is 94.8 Å². The van der Waals surface area contributed by atoms with Gasteiger partial charge in [-0.05, 0) is 0 Å². The zero-order valence-electron chi connectivity index (χ0n) is 6.36. The van der Waals surface area contributed by atoms with E-state index < -0.39 is 30.4 Å². The van der Waals surface area contributed by atoms with Gasteiger partial charge in [-0.3, -0.25) is 9.59 Å². The lowest BCUT2D eigenvalue weighted by Crippen LogP contribution is -2.35. The summed E-state index contributed by atoms with van der Waals surface area (Å²) in [5, 5.41) is 25.6. The Hall–Kier alpha value is -1.36. The molecule has 0 aromatic rings. The Morgan fingerprint density at radius 3 is 2.00 bits per heavy atom. The normalized spacial score (nSPS) is 14.8. The summed E-state index contributed by atoms with van der Waals surface area (Å²) in [6.07, 6.45) is 0.270. The Morgan fingerprint density at radius 1 is 1.42 bits per heavy atom. The Morgan fingerprint density at radius 2 is 1.92 bits per heavy atom. The molecule has 12 heavy (non-hydrogen) atoms.